The molecule has 0 radical (unpaired) electrons. The van der Waals surface area contributed by atoms with Crippen molar-refractivity contribution in [2.24, 2.45) is 5.92 Å². The Hall–Kier alpha value is -1.98. The third-order valence-electron chi connectivity index (χ3n) is 4.94. The van der Waals surface area contributed by atoms with Crippen molar-refractivity contribution >= 4 is 5.82 Å². The Morgan fingerprint density at radius 1 is 1.33 bits per heavy atom. The van der Waals surface area contributed by atoms with E-state index in [0.717, 1.165) is 49.1 Å². The molecule has 2 aliphatic rings. The van der Waals surface area contributed by atoms with E-state index in [2.05, 4.69) is 25.1 Å². The molecule has 2 fully saturated rings. The van der Waals surface area contributed by atoms with Gasteiger partial charge in [-0.2, -0.15) is 0 Å². The van der Waals surface area contributed by atoms with Crippen LogP contribution in [0.3, 0.4) is 0 Å². The van der Waals surface area contributed by atoms with E-state index in [-0.39, 0.29) is 5.54 Å². The second-order valence-corrected chi connectivity index (χ2v) is 5.97. The lowest BCUT2D eigenvalue weighted by molar-refractivity contribution is 0.121. The largest absolute Gasteiger partial charge is 0.423 e. The van der Waals surface area contributed by atoms with Crippen molar-refractivity contribution in [3.8, 4) is 0 Å². The second kappa shape index (κ2) is 4.51. The predicted molar refractivity (Wildman–Crippen MR) is 76.8 cm³/mol. The van der Waals surface area contributed by atoms with Gasteiger partial charge in [-0.25, -0.2) is 9.97 Å². The lowest BCUT2D eigenvalue weighted by Gasteiger charge is -2.47. The molecule has 1 aliphatic heterocycles. The molecule has 2 aromatic rings. The summed E-state index contributed by atoms with van der Waals surface area (Å²) in [6.07, 6.45) is 5.86. The highest BCUT2D eigenvalue weighted by atomic mass is 16.4. The van der Waals surface area contributed by atoms with Gasteiger partial charge >= 0.3 is 0 Å². The van der Waals surface area contributed by atoms with Crippen molar-refractivity contribution in [1.29, 1.82) is 0 Å². The van der Waals surface area contributed by atoms with Crippen molar-refractivity contribution in [1.82, 2.24) is 20.2 Å². The Balaban J connectivity index is 1.77. The summed E-state index contributed by atoms with van der Waals surface area (Å²) in [7, 11) is 0. The Kier molecular flexibility index (Phi) is 2.74. The van der Waals surface area contributed by atoms with Gasteiger partial charge in [-0.3, -0.25) is 0 Å². The van der Waals surface area contributed by atoms with Crippen LogP contribution in [0.1, 0.15) is 43.7 Å². The normalized spacial score (nSPS) is 27.5. The van der Waals surface area contributed by atoms with Gasteiger partial charge in [0, 0.05) is 24.7 Å². The number of fused-ring (bicyclic) bond motifs is 1. The zero-order chi connectivity index (χ0) is 14.4. The van der Waals surface area contributed by atoms with Crippen LogP contribution in [0.4, 0.5) is 5.82 Å². The predicted octanol–water partition coefficient (Wildman–Crippen LogP) is 2.25. The SMILES string of the molecule is CCc1nnc([C@]23CC[C@H]2CCN3c2cc(C)ncn2)o1. The van der Waals surface area contributed by atoms with E-state index in [4.69, 9.17) is 4.42 Å². The number of aryl methyl sites for hydroxylation is 2. The Morgan fingerprint density at radius 3 is 2.90 bits per heavy atom. The maximum absolute atomic E-state index is 5.92. The smallest absolute Gasteiger partial charge is 0.242 e. The van der Waals surface area contributed by atoms with Gasteiger partial charge in [-0.05, 0) is 32.1 Å². The minimum Gasteiger partial charge on any atom is -0.423 e. The fraction of sp³-hybridized carbons (Fsp3) is 0.600. The van der Waals surface area contributed by atoms with Crippen LogP contribution >= 0.6 is 0 Å². The molecule has 2 aromatic heterocycles. The summed E-state index contributed by atoms with van der Waals surface area (Å²) >= 11 is 0. The number of hydrogen-bond acceptors (Lipinski definition) is 6. The average molecular weight is 285 g/mol. The molecular formula is C15H19N5O. The van der Waals surface area contributed by atoms with Crippen LogP contribution in [0.25, 0.3) is 0 Å². The average Bonchev–Trinajstić information content (AvgIpc) is 3.02. The molecule has 4 rings (SSSR count). The zero-order valence-electron chi connectivity index (χ0n) is 12.4. The molecule has 110 valence electrons. The van der Waals surface area contributed by atoms with E-state index in [0.29, 0.717) is 5.92 Å². The summed E-state index contributed by atoms with van der Waals surface area (Å²) in [5.74, 6) is 3.05. The fourth-order valence-corrected chi connectivity index (χ4v) is 3.72. The third kappa shape index (κ3) is 1.71. The monoisotopic (exact) mass is 285 g/mol. The van der Waals surface area contributed by atoms with Gasteiger partial charge in [0.2, 0.25) is 11.8 Å². The van der Waals surface area contributed by atoms with Gasteiger partial charge < -0.3 is 9.32 Å². The van der Waals surface area contributed by atoms with Gasteiger partial charge in [0.25, 0.3) is 0 Å². The molecule has 0 amide bonds. The van der Waals surface area contributed by atoms with Crippen molar-refractivity contribution in [2.75, 3.05) is 11.4 Å². The van der Waals surface area contributed by atoms with E-state index >= 15 is 0 Å². The summed E-state index contributed by atoms with van der Waals surface area (Å²) in [4.78, 5) is 11.0. The second-order valence-electron chi connectivity index (χ2n) is 5.97. The highest BCUT2D eigenvalue weighted by molar-refractivity contribution is 5.47. The third-order valence-corrected chi connectivity index (χ3v) is 4.94. The van der Waals surface area contributed by atoms with Gasteiger partial charge in [-0.1, -0.05) is 6.92 Å². The van der Waals surface area contributed by atoms with Crippen LogP contribution in [-0.2, 0) is 12.0 Å². The van der Waals surface area contributed by atoms with E-state index in [1.807, 2.05) is 19.9 Å². The summed E-state index contributed by atoms with van der Waals surface area (Å²) in [6, 6.07) is 2.04. The van der Waals surface area contributed by atoms with Crippen LogP contribution in [-0.4, -0.2) is 26.7 Å². The van der Waals surface area contributed by atoms with Crippen molar-refractivity contribution in [2.45, 2.75) is 45.1 Å². The molecule has 1 aliphatic carbocycles. The molecule has 6 heteroatoms. The van der Waals surface area contributed by atoms with Gasteiger partial charge in [-0.15, -0.1) is 10.2 Å². The maximum Gasteiger partial charge on any atom is 0.242 e. The highest BCUT2D eigenvalue weighted by Crippen LogP contribution is 2.57. The van der Waals surface area contributed by atoms with Crippen LogP contribution in [0, 0.1) is 12.8 Å². The maximum atomic E-state index is 5.92. The highest BCUT2D eigenvalue weighted by Gasteiger charge is 2.60. The minimum atomic E-state index is -0.138. The Morgan fingerprint density at radius 2 is 2.24 bits per heavy atom. The van der Waals surface area contributed by atoms with E-state index < -0.39 is 0 Å². The molecule has 6 nitrogen and oxygen atoms in total. The first-order valence-corrected chi connectivity index (χ1v) is 7.63. The lowest BCUT2D eigenvalue weighted by Crippen LogP contribution is -2.52. The molecule has 2 atom stereocenters. The fourth-order valence-electron chi connectivity index (χ4n) is 3.72. The number of rotatable bonds is 3. The quantitative estimate of drug-likeness (QED) is 0.861. The van der Waals surface area contributed by atoms with Crippen LogP contribution in [0.2, 0.25) is 0 Å². The topological polar surface area (TPSA) is 67.9 Å². The van der Waals surface area contributed by atoms with Gasteiger partial charge in [0.15, 0.2) is 0 Å². The summed E-state index contributed by atoms with van der Waals surface area (Å²) in [5, 5.41) is 8.50. The van der Waals surface area contributed by atoms with Crippen LogP contribution in [0.5, 0.6) is 0 Å². The summed E-state index contributed by atoms with van der Waals surface area (Å²) < 4.78 is 5.92. The Bertz CT molecular complexity index is 670. The first-order valence-electron chi connectivity index (χ1n) is 7.63. The summed E-state index contributed by atoms with van der Waals surface area (Å²) in [5.41, 5.74) is 0.846. The van der Waals surface area contributed by atoms with Gasteiger partial charge in [0.05, 0.1) is 0 Å². The molecule has 21 heavy (non-hydrogen) atoms. The van der Waals surface area contributed by atoms with Crippen molar-refractivity contribution in [3.05, 3.63) is 29.9 Å². The molecule has 0 spiro atoms. The van der Waals surface area contributed by atoms with Crippen LogP contribution in [0.15, 0.2) is 16.8 Å². The molecule has 0 aromatic carbocycles. The van der Waals surface area contributed by atoms with E-state index in [9.17, 15) is 0 Å². The van der Waals surface area contributed by atoms with E-state index in [1.165, 1.54) is 6.42 Å². The van der Waals surface area contributed by atoms with Crippen LogP contribution < -0.4 is 4.90 Å². The van der Waals surface area contributed by atoms with E-state index in [1.54, 1.807) is 6.33 Å². The Labute approximate surface area is 123 Å². The molecule has 1 saturated heterocycles. The van der Waals surface area contributed by atoms with Crippen molar-refractivity contribution in [3.63, 3.8) is 0 Å². The molecular weight excluding hydrogens is 266 g/mol. The zero-order valence-corrected chi connectivity index (χ0v) is 12.4. The molecule has 3 heterocycles. The lowest BCUT2D eigenvalue weighted by atomic mass is 9.67. The first-order chi connectivity index (χ1) is 10.2. The standard InChI is InChI=1S/C15H19N5O/c1-3-13-18-19-14(21-13)15-6-4-11(15)5-7-20(15)12-8-10(2)16-9-17-12/h8-9,11H,3-7H2,1-2H3/t11-,15-/m0/s1. The first kappa shape index (κ1) is 12.7. The number of aromatic nitrogens is 4. The molecule has 1 saturated carbocycles. The molecule has 0 bridgehead atoms. The number of anilines is 1. The minimum absolute atomic E-state index is 0.138. The number of hydrogen-bond donors (Lipinski definition) is 0. The molecule has 0 unspecified atom stereocenters. The summed E-state index contributed by atoms with van der Waals surface area (Å²) in [6.45, 7) is 5.02. The molecule has 0 N–H and O–H groups in total. The number of nitrogens with zero attached hydrogens (tertiary/aromatic N) is 5. The van der Waals surface area contributed by atoms with Crippen molar-refractivity contribution < 1.29 is 4.42 Å². The van der Waals surface area contributed by atoms with Gasteiger partial charge in [0.1, 0.15) is 17.7 Å².